The Labute approximate surface area is 117 Å². The quantitative estimate of drug-likeness (QED) is 0.758. The molecule has 20 heavy (non-hydrogen) atoms. The molecule has 0 radical (unpaired) electrons. The van der Waals surface area contributed by atoms with Crippen LogP contribution in [0.2, 0.25) is 0 Å². The highest BCUT2D eigenvalue weighted by molar-refractivity contribution is 5.69. The van der Waals surface area contributed by atoms with Gasteiger partial charge in [0.1, 0.15) is 24.3 Å². The molecule has 0 unspecified atom stereocenters. The van der Waals surface area contributed by atoms with Crippen molar-refractivity contribution in [2.24, 2.45) is 0 Å². The summed E-state index contributed by atoms with van der Waals surface area (Å²) in [5.41, 5.74) is 1.44. The number of carbonyl (C=O) groups excluding carboxylic acids is 1. The van der Waals surface area contributed by atoms with Crippen LogP contribution in [0.25, 0.3) is 11.5 Å². The lowest BCUT2D eigenvalue weighted by atomic mass is 10.2. The minimum atomic E-state index is -0.221. The first kappa shape index (κ1) is 14.1. The molecule has 2 aromatic rings. The Morgan fingerprint density at radius 1 is 1.30 bits per heavy atom. The van der Waals surface area contributed by atoms with E-state index in [1.54, 1.807) is 7.11 Å². The number of esters is 1. The topological polar surface area (TPSA) is 61.6 Å². The minimum Gasteiger partial charge on any atom is -0.497 e. The van der Waals surface area contributed by atoms with E-state index in [2.05, 4.69) is 4.98 Å². The second-order valence-electron chi connectivity index (χ2n) is 4.28. The van der Waals surface area contributed by atoms with Crippen molar-refractivity contribution in [2.45, 2.75) is 26.4 Å². The largest absolute Gasteiger partial charge is 0.497 e. The third-order valence-corrected chi connectivity index (χ3v) is 2.72. The standard InChI is InChI=1S/C15H17NO4/c1-3-4-14(17)19-9-12-10-20-15(16-12)11-5-7-13(18-2)8-6-11/h5-8,10H,3-4,9H2,1-2H3. The summed E-state index contributed by atoms with van der Waals surface area (Å²) in [5, 5.41) is 0. The van der Waals surface area contributed by atoms with Crippen molar-refractivity contribution < 1.29 is 18.7 Å². The number of hydrogen-bond donors (Lipinski definition) is 0. The molecule has 1 aromatic carbocycles. The van der Waals surface area contributed by atoms with Crippen LogP contribution in [-0.4, -0.2) is 18.1 Å². The van der Waals surface area contributed by atoms with E-state index in [0.29, 0.717) is 18.0 Å². The van der Waals surface area contributed by atoms with E-state index in [9.17, 15) is 4.79 Å². The van der Waals surface area contributed by atoms with Crippen molar-refractivity contribution in [2.75, 3.05) is 7.11 Å². The maximum absolute atomic E-state index is 11.3. The van der Waals surface area contributed by atoms with E-state index >= 15 is 0 Å². The van der Waals surface area contributed by atoms with Gasteiger partial charge in [0.05, 0.1) is 7.11 Å². The average Bonchev–Trinajstić information content (AvgIpc) is 2.94. The molecule has 0 N–H and O–H groups in total. The third-order valence-electron chi connectivity index (χ3n) is 2.72. The van der Waals surface area contributed by atoms with Crippen LogP contribution in [0.1, 0.15) is 25.5 Å². The number of benzene rings is 1. The molecule has 0 atom stereocenters. The SMILES string of the molecule is CCCC(=O)OCc1coc(-c2ccc(OC)cc2)n1. The van der Waals surface area contributed by atoms with Gasteiger partial charge >= 0.3 is 5.97 Å². The molecular weight excluding hydrogens is 258 g/mol. The number of aromatic nitrogens is 1. The van der Waals surface area contributed by atoms with Gasteiger partial charge in [0.15, 0.2) is 0 Å². The fourth-order valence-electron chi connectivity index (χ4n) is 1.67. The molecule has 1 heterocycles. The predicted molar refractivity (Wildman–Crippen MR) is 73.2 cm³/mol. The van der Waals surface area contributed by atoms with Gasteiger partial charge in [0, 0.05) is 12.0 Å². The van der Waals surface area contributed by atoms with E-state index in [1.807, 2.05) is 31.2 Å². The molecule has 0 saturated carbocycles. The lowest BCUT2D eigenvalue weighted by molar-refractivity contribution is -0.145. The third kappa shape index (κ3) is 3.60. The van der Waals surface area contributed by atoms with E-state index in [0.717, 1.165) is 17.7 Å². The van der Waals surface area contributed by atoms with Gasteiger partial charge in [-0.15, -0.1) is 0 Å². The number of hydrogen-bond acceptors (Lipinski definition) is 5. The van der Waals surface area contributed by atoms with E-state index in [-0.39, 0.29) is 12.6 Å². The van der Waals surface area contributed by atoms with Crippen LogP contribution in [-0.2, 0) is 16.1 Å². The summed E-state index contributed by atoms with van der Waals surface area (Å²) in [4.78, 5) is 15.6. The zero-order valence-corrected chi connectivity index (χ0v) is 11.6. The van der Waals surface area contributed by atoms with Crippen LogP contribution >= 0.6 is 0 Å². The van der Waals surface area contributed by atoms with Crippen LogP contribution < -0.4 is 4.74 Å². The molecule has 106 valence electrons. The van der Waals surface area contributed by atoms with Gasteiger partial charge in [-0.3, -0.25) is 4.79 Å². The van der Waals surface area contributed by atoms with E-state index < -0.39 is 0 Å². The molecule has 0 aliphatic heterocycles. The number of rotatable bonds is 6. The van der Waals surface area contributed by atoms with Gasteiger partial charge < -0.3 is 13.9 Å². The van der Waals surface area contributed by atoms with Gasteiger partial charge in [0.25, 0.3) is 0 Å². The summed E-state index contributed by atoms with van der Waals surface area (Å²) < 4.78 is 15.5. The summed E-state index contributed by atoms with van der Waals surface area (Å²) in [6.45, 7) is 2.07. The zero-order valence-electron chi connectivity index (χ0n) is 11.6. The van der Waals surface area contributed by atoms with Crippen molar-refractivity contribution in [1.82, 2.24) is 4.98 Å². The first-order chi connectivity index (χ1) is 9.72. The lowest BCUT2D eigenvalue weighted by Gasteiger charge is -2.00. The average molecular weight is 275 g/mol. The van der Waals surface area contributed by atoms with Crippen LogP contribution in [0.5, 0.6) is 5.75 Å². The zero-order chi connectivity index (χ0) is 14.4. The summed E-state index contributed by atoms with van der Waals surface area (Å²) in [7, 11) is 1.61. The van der Waals surface area contributed by atoms with Crippen molar-refractivity contribution >= 4 is 5.97 Å². The van der Waals surface area contributed by atoms with Crippen LogP contribution in [0, 0.1) is 0 Å². The minimum absolute atomic E-state index is 0.137. The molecule has 0 aliphatic rings. The van der Waals surface area contributed by atoms with Gasteiger partial charge in [0.2, 0.25) is 5.89 Å². The van der Waals surface area contributed by atoms with Crippen LogP contribution in [0.15, 0.2) is 34.9 Å². The molecule has 0 spiro atoms. The van der Waals surface area contributed by atoms with Crippen LogP contribution in [0.3, 0.4) is 0 Å². The number of nitrogens with zero attached hydrogens (tertiary/aromatic N) is 1. The van der Waals surface area contributed by atoms with E-state index in [4.69, 9.17) is 13.9 Å². The molecule has 5 heteroatoms. The van der Waals surface area contributed by atoms with Crippen molar-refractivity contribution in [1.29, 1.82) is 0 Å². The molecule has 0 fully saturated rings. The van der Waals surface area contributed by atoms with Gasteiger partial charge in [-0.05, 0) is 30.7 Å². The normalized spacial score (nSPS) is 10.3. The Kier molecular flexibility index (Phi) is 4.76. The lowest BCUT2D eigenvalue weighted by Crippen LogP contribution is -2.03. The Balaban J connectivity index is 1.99. The van der Waals surface area contributed by atoms with Crippen molar-refractivity contribution in [3.63, 3.8) is 0 Å². The van der Waals surface area contributed by atoms with Gasteiger partial charge in [-0.25, -0.2) is 4.98 Å². The Hall–Kier alpha value is -2.30. The maximum Gasteiger partial charge on any atom is 0.306 e. The Morgan fingerprint density at radius 3 is 2.70 bits per heavy atom. The van der Waals surface area contributed by atoms with Crippen LogP contribution in [0.4, 0.5) is 0 Å². The predicted octanol–water partition coefficient (Wildman–Crippen LogP) is 3.19. The molecule has 1 aromatic heterocycles. The number of oxazole rings is 1. The summed E-state index contributed by atoms with van der Waals surface area (Å²) in [5.74, 6) is 1.05. The Bertz CT molecular complexity index is 560. The summed E-state index contributed by atoms with van der Waals surface area (Å²) >= 11 is 0. The molecule has 0 amide bonds. The highest BCUT2D eigenvalue weighted by Gasteiger charge is 2.09. The molecular formula is C15H17NO4. The first-order valence-electron chi connectivity index (χ1n) is 6.47. The second-order valence-corrected chi connectivity index (χ2v) is 4.28. The highest BCUT2D eigenvalue weighted by Crippen LogP contribution is 2.21. The molecule has 0 saturated heterocycles. The number of methoxy groups -OCH3 is 1. The van der Waals surface area contributed by atoms with E-state index in [1.165, 1.54) is 6.26 Å². The maximum atomic E-state index is 11.3. The fourth-order valence-corrected chi connectivity index (χ4v) is 1.67. The molecule has 5 nitrogen and oxygen atoms in total. The van der Waals surface area contributed by atoms with Crippen molar-refractivity contribution in [3.8, 4) is 17.2 Å². The monoisotopic (exact) mass is 275 g/mol. The van der Waals surface area contributed by atoms with Gasteiger partial charge in [-0.1, -0.05) is 6.92 Å². The molecule has 2 rings (SSSR count). The Morgan fingerprint density at radius 2 is 2.05 bits per heavy atom. The molecule has 0 aliphatic carbocycles. The van der Waals surface area contributed by atoms with Crippen molar-refractivity contribution in [3.05, 3.63) is 36.2 Å². The summed E-state index contributed by atoms with van der Waals surface area (Å²) in [6, 6.07) is 7.38. The second kappa shape index (κ2) is 6.75. The first-order valence-corrected chi connectivity index (χ1v) is 6.47. The number of carbonyl (C=O) groups is 1. The highest BCUT2D eigenvalue weighted by atomic mass is 16.5. The molecule has 0 bridgehead atoms. The smallest absolute Gasteiger partial charge is 0.306 e. The van der Waals surface area contributed by atoms with Gasteiger partial charge in [-0.2, -0.15) is 0 Å². The fraction of sp³-hybridized carbons (Fsp3) is 0.333. The number of ether oxygens (including phenoxy) is 2. The summed E-state index contributed by atoms with van der Waals surface area (Å²) in [6.07, 6.45) is 2.69.